The summed E-state index contributed by atoms with van der Waals surface area (Å²) in [6.07, 6.45) is 3.67. The second-order valence-electron chi connectivity index (χ2n) is 7.55. The molecule has 0 radical (unpaired) electrons. The first-order valence-corrected chi connectivity index (χ1v) is 10.3. The maximum atomic E-state index is 12.1. The first-order valence-electron chi connectivity index (χ1n) is 10.3. The third-order valence-electron chi connectivity index (χ3n) is 5.43. The molecule has 0 saturated carbocycles. The number of nitrogens with two attached hydrogens (primary N) is 1. The second kappa shape index (κ2) is 10.6. The number of carbonyl (C=O) groups excluding carboxylic acids is 2. The smallest absolute Gasteiger partial charge is 0.319 e. The van der Waals surface area contributed by atoms with Crippen molar-refractivity contribution in [2.24, 2.45) is 11.7 Å². The molecule has 0 aromatic heterocycles. The van der Waals surface area contributed by atoms with Crippen molar-refractivity contribution in [3.05, 3.63) is 54.6 Å². The quantitative estimate of drug-likeness (QED) is 0.599. The topological polar surface area (TPSA) is 87.5 Å². The lowest BCUT2D eigenvalue weighted by molar-refractivity contribution is -0.123. The Bertz CT molecular complexity index is 784. The van der Waals surface area contributed by atoms with Gasteiger partial charge in [-0.15, -0.1) is 0 Å². The van der Waals surface area contributed by atoms with Crippen molar-refractivity contribution in [1.82, 2.24) is 10.2 Å². The van der Waals surface area contributed by atoms with E-state index < -0.39 is 0 Å². The van der Waals surface area contributed by atoms with Gasteiger partial charge >= 0.3 is 6.03 Å². The number of rotatable bonds is 8. The van der Waals surface area contributed by atoms with Crippen molar-refractivity contribution < 1.29 is 9.59 Å². The third kappa shape index (κ3) is 6.61. The number of benzene rings is 2. The summed E-state index contributed by atoms with van der Waals surface area (Å²) in [7, 11) is 0. The minimum Gasteiger partial charge on any atom is -0.369 e. The molecule has 0 unspecified atom stereocenters. The van der Waals surface area contributed by atoms with Crippen molar-refractivity contribution in [1.29, 1.82) is 0 Å². The van der Waals surface area contributed by atoms with E-state index in [1.165, 1.54) is 0 Å². The van der Waals surface area contributed by atoms with Gasteiger partial charge in [-0.3, -0.25) is 4.79 Å². The summed E-state index contributed by atoms with van der Waals surface area (Å²) in [6, 6.07) is 17.8. The minimum atomic E-state index is -0.181. The van der Waals surface area contributed by atoms with E-state index in [0.29, 0.717) is 6.54 Å². The van der Waals surface area contributed by atoms with Crippen LogP contribution in [0.25, 0.3) is 11.1 Å². The van der Waals surface area contributed by atoms with Crippen LogP contribution >= 0.6 is 0 Å². The molecule has 1 heterocycles. The number of hydrogen-bond acceptors (Lipinski definition) is 3. The predicted molar refractivity (Wildman–Crippen MR) is 116 cm³/mol. The van der Waals surface area contributed by atoms with Gasteiger partial charge in [-0.2, -0.15) is 0 Å². The van der Waals surface area contributed by atoms with Crippen LogP contribution in [0.1, 0.15) is 25.7 Å². The lowest BCUT2D eigenvalue weighted by Crippen LogP contribution is -2.39. The Morgan fingerprint density at radius 1 is 0.931 bits per heavy atom. The first kappa shape index (κ1) is 20.9. The van der Waals surface area contributed by atoms with Gasteiger partial charge in [0.05, 0.1) is 0 Å². The van der Waals surface area contributed by atoms with Crippen LogP contribution in [0.4, 0.5) is 10.5 Å². The molecule has 1 saturated heterocycles. The van der Waals surface area contributed by atoms with Gasteiger partial charge in [0.1, 0.15) is 0 Å². The van der Waals surface area contributed by atoms with E-state index >= 15 is 0 Å². The van der Waals surface area contributed by atoms with Crippen LogP contribution in [0.2, 0.25) is 0 Å². The van der Waals surface area contributed by atoms with Crippen molar-refractivity contribution >= 4 is 17.6 Å². The molecule has 0 bridgehead atoms. The maximum absolute atomic E-state index is 12.1. The molecule has 29 heavy (non-hydrogen) atoms. The number of nitrogens with zero attached hydrogens (tertiary/aromatic N) is 1. The van der Waals surface area contributed by atoms with Gasteiger partial charge in [-0.25, -0.2) is 4.79 Å². The summed E-state index contributed by atoms with van der Waals surface area (Å²) in [4.78, 5) is 25.6. The molecule has 2 aromatic carbocycles. The molecule has 154 valence electrons. The van der Waals surface area contributed by atoms with E-state index in [-0.39, 0.29) is 17.9 Å². The molecule has 2 aromatic rings. The second-order valence-corrected chi connectivity index (χ2v) is 7.55. The number of piperidine rings is 1. The number of amides is 3. The Morgan fingerprint density at radius 3 is 2.24 bits per heavy atom. The molecule has 1 fully saturated rings. The minimum absolute atomic E-state index is 0.0402. The standard InChI is InChI=1S/C23H30N4O2/c24-22(28)20-12-16-27(17-13-20)15-5-4-14-25-23(29)26-21-10-8-19(9-11-21)18-6-2-1-3-7-18/h1-3,6-11,20H,4-5,12-17H2,(H2,24,28)(H2,25,26,29). The third-order valence-corrected chi connectivity index (χ3v) is 5.43. The van der Waals surface area contributed by atoms with E-state index in [1.54, 1.807) is 0 Å². The van der Waals surface area contributed by atoms with E-state index in [1.807, 2.05) is 42.5 Å². The Balaban J connectivity index is 1.30. The maximum Gasteiger partial charge on any atom is 0.319 e. The number of anilines is 1. The SMILES string of the molecule is NC(=O)C1CCN(CCCCNC(=O)Nc2ccc(-c3ccccc3)cc2)CC1. The fraction of sp³-hybridized carbons (Fsp3) is 0.391. The molecule has 3 amide bonds. The average molecular weight is 395 g/mol. The van der Waals surface area contributed by atoms with Gasteiger partial charge in [-0.1, -0.05) is 42.5 Å². The summed E-state index contributed by atoms with van der Waals surface area (Å²) >= 11 is 0. The molecular weight excluding hydrogens is 364 g/mol. The van der Waals surface area contributed by atoms with Gasteiger partial charge in [0.15, 0.2) is 0 Å². The van der Waals surface area contributed by atoms with Crippen LogP contribution in [0, 0.1) is 5.92 Å². The number of urea groups is 1. The number of hydrogen-bond donors (Lipinski definition) is 3. The van der Waals surface area contributed by atoms with E-state index in [9.17, 15) is 9.59 Å². The molecule has 1 aliphatic heterocycles. The van der Waals surface area contributed by atoms with E-state index in [2.05, 4.69) is 27.7 Å². The van der Waals surface area contributed by atoms with Gasteiger partial charge in [0.25, 0.3) is 0 Å². The van der Waals surface area contributed by atoms with Crippen molar-refractivity contribution in [2.75, 3.05) is 31.5 Å². The fourth-order valence-electron chi connectivity index (χ4n) is 3.66. The average Bonchev–Trinajstić information content (AvgIpc) is 2.75. The molecule has 0 atom stereocenters. The van der Waals surface area contributed by atoms with Crippen LogP contribution in [0.15, 0.2) is 54.6 Å². The molecule has 0 spiro atoms. The Morgan fingerprint density at radius 2 is 1.59 bits per heavy atom. The van der Waals surface area contributed by atoms with Crippen molar-refractivity contribution in [2.45, 2.75) is 25.7 Å². The highest BCUT2D eigenvalue weighted by molar-refractivity contribution is 5.89. The molecule has 3 rings (SSSR count). The van der Waals surface area contributed by atoms with Crippen molar-refractivity contribution in [3.63, 3.8) is 0 Å². The highest BCUT2D eigenvalue weighted by Gasteiger charge is 2.22. The summed E-state index contributed by atoms with van der Waals surface area (Å²) in [6.45, 7) is 3.50. The molecule has 0 aliphatic carbocycles. The lowest BCUT2D eigenvalue weighted by atomic mass is 9.96. The van der Waals surface area contributed by atoms with Gasteiger partial charge in [0.2, 0.25) is 5.91 Å². The van der Waals surface area contributed by atoms with Gasteiger partial charge in [-0.05, 0) is 68.6 Å². The van der Waals surface area contributed by atoms with Crippen LogP contribution in [-0.2, 0) is 4.79 Å². The van der Waals surface area contributed by atoms with Crippen molar-refractivity contribution in [3.8, 4) is 11.1 Å². The molecule has 6 heteroatoms. The number of carbonyl (C=O) groups is 2. The molecular formula is C23H30N4O2. The lowest BCUT2D eigenvalue weighted by Gasteiger charge is -2.30. The van der Waals surface area contributed by atoms with Crippen LogP contribution in [-0.4, -0.2) is 43.0 Å². The number of nitrogens with one attached hydrogen (secondary N) is 2. The zero-order valence-electron chi connectivity index (χ0n) is 16.8. The number of likely N-dealkylation sites (tertiary alicyclic amines) is 1. The zero-order chi connectivity index (χ0) is 20.5. The largest absolute Gasteiger partial charge is 0.369 e. The monoisotopic (exact) mass is 394 g/mol. The van der Waals surface area contributed by atoms with Crippen LogP contribution < -0.4 is 16.4 Å². The van der Waals surface area contributed by atoms with Gasteiger partial charge < -0.3 is 21.3 Å². The zero-order valence-corrected chi connectivity index (χ0v) is 16.8. The van der Waals surface area contributed by atoms with E-state index in [0.717, 1.165) is 62.1 Å². The molecule has 4 N–H and O–H groups in total. The highest BCUT2D eigenvalue weighted by Crippen LogP contribution is 2.21. The Kier molecular flexibility index (Phi) is 7.64. The summed E-state index contributed by atoms with van der Waals surface area (Å²) < 4.78 is 0. The van der Waals surface area contributed by atoms with Gasteiger partial charge in [0, 0.05) is 18.2 Å². The van der Waals surface area contributed by atoms with Crippen LogP contribution in [0.5, 0.6) is 0 Å². The summed E-state index contributed by atoms with van der Waals surface area (Å²) in [5.74, 6) is -0.132. The first-order chi connectivity index (χ1) is 14.1. The fourth-order valence-corrected chi connectivity index (χ4v) is 3.66. The molecule has 1 aliphatic rings. The van der Waals surface area contributed by atoms with E-state index in [4.69, 9.17) is 5.73 Å². The number of primary amides is 1. The normalized spacial score (nSPS) is 15.0. The predicted octanol–water partition coefficient (Wildman–Crippen LogP) is 3.45. The Labute approximate surface area is 172 Å². The number of unbranched alkanes of at least 4 members (excludes halogenated alkanes) is 1. The van der Waals surface area contributed by atoms with Crippen LogP contribution in [0.3, 0.4) is 0 Å². The summed E-state index contributed by atoms with van der Waals surface area (Å²) in [5, 5.41) is 5.78. The molecule has 6 nitrogen and oxygen atoms in total. The Hall–Kier alpha value is -2.86. The summed E-state index contributed by atoms with van der Waals surface area (Å²) in [5.41, 5.74) is 8.42. The highest BCUT2D eigenvalue weighted by atomic mass is 16.2.